The van der Waals surface area contributed by atoms with E-state index in [1.807, 2.05) is 0 Å². The molecule has 2 N–H and O–H groups in total. The summed E-state index contributed by atoms with van der Waals surface area (Å²) in [6, 6.07) is 8.66. The Balaban J connectivity index is 2.16. The molecule has 1 aliphatic rings. The molecule has 1 saturated heterocycles. The lowest BCUT2D eigenvalue weighted by molar-refractivity contribution is 0.220. The first kappa shape index (κ1) is 12.7. The van der Waals surface area contributed by atoms with E-state index in [2.05, 4.69) is 36.1 Å². The molecule has 0 saturated carbocycles. The molecule has 1 atom stereocenters. The van der Waals surface area contributed by atoms with Crippen LogP contribution in [0.3, 0.4) is 0 Å². The fourth-order valence-electron chi connectivity index (χ4n) is 2.40. The Hall–Kier alpha value is -0.710. The Morgan fingerprint density at radius 2 is 2.00 bits per heavy atom. The highest BCUT2D eigenvalue weighted by Crippen LogP contribution is 2.23. The monoisotopic (exact) mass is 252 g/mol. The predicted octanol–water partition coefficient (Wildman–Crippen LogP) is 1.06. The molecule has 0 amide bonds. The SMILES string of the molecule is Cc1ccccc1C(CN)N1CCS(=O)CC1. The smallest absolute Gasteiger partial charge is 0.0473 e. The molecule has 3 nitrogen and oxygen atoms in total. The van der Waals surface area contributed by atoms with Crippen molar-refractivity contribution in [1.29, 1.82) is 0 Å². The molecule has 1 aliphatic heterocycles. The number of hydrogen-bond donors (Lipinski definition) is 1. The van der Waals surface area contributed by atoms with Gasteiger partial charge in [0.05, 0.1) is 0 Å². The fraction of sp³-hybridized carbons (Fsp3) is 0.538. The van der Waals surface area contributed by atoms with Gasteiger partial charge in [0.25, 0.3) is 0 Å². The van der Waals surface area contributed by atoms with E-state index >= 15 is 0 Å². The van der Waals surface area contributed by atoms with Crippen LogP contribution >= 0.6 is 0 Å². The van der Waals surface area contributed by atoms with Crippen molar-refractivity contribution in [2.24, 2.45) is 5.73 Å². The van der Waals surface area contributed by atoms with Crippen LogP contribution in [0.1, 0.15) is 17.2 Å². The Morgan fingerprint density at radius 1 is 1.35 bits per heavy atom. The summed E-state index contributed by atoms with van der Waals surface area (Å²) < 4.78 is 11.4. The Morgan fingerprint density at radius 3 is 2.59 bits per heavy atom. The number of benzene rings is 1. The third-order valence-corrected chi connectivity index (χ3v) is 4.70. The second-order valence-electron chi connectivity index (χ2n) is 4.49. The molecule has 94 valence electrons. The average molecular weight is 252 g/mol. The lowest BCUT2D eigenvalue weighted by Crippen LogP contribution is -2.42. The van der Waals surface area contributed by atoms with Crippen molar-refractivity contribution in [3.63, 3.8) is 0 Å². The summed E-state index contributed by atoms with van der Waals surface area (Å²) in [6.07, 6.45) is 0. The van der Waals surface area contributed by atoms with Gasteiger partial charge in [0.15, 0.2) is 0 Å². The van der Waals surface area contributed by atoms with Crippen molar-refractivity contribution < 1.29 is 4.21 Å². The molecule has 0 spiro atoms. The van der Waals surface area contributed by atoms with Crippen LogP contribution < -0.4 is 5.73 Å². The third-order valence-electron chi connectivity index (χ3n) is 3.42. The van der Waals surface area contributed by atoms with Crippen LogP contribution in [0.5, 0.6) is 0 Å². The van der Waals surface area contributed by atoms with Crippen molar-refractivity contribution in [3.8, 4) is 0 Å². The fourth-order valence-corrected chi connectivity index (χ4v) is 3.48. The maximum atomic E-state index is 11.4. The van der Waals surface area contributed by atoms with Gasteiger partial charge in [0.1, 0.15) is 0 Å². The number of hydrogen-bond acceptors (Lipinski definition) is 3. The van der Waals surface area contributed by atoms with Crippen LogP contribution in [-0.2, 0) is 10.8 Å². The summed E-state index contributed by atoms with van der Waals surface area (Å²) in [5.41, 5.74) is 8.52. The van der Waals surface area contributed by atoms with Gasteiger partial charge in [-0.05, 0) is 18.1 Å². The van der Waals surface area contributed by atoms with Crippen LogP contribution in [0.4, 0.5) is 0 Å². The highest BCUT2D eigenvalue weighted by Gasteiger charge is 2.24. The Kier molecular flexibility index (Phi) is 4.31. The van der Waals surface area contributed by atoms with Gasteiger partial charge >= 0.3 is 0 Å². The zero-order valence-electron chi connectivity index (χ0n) is 10.3. The first-order valence-electron chi connectivity index (χ1n) is 6.07. The van der Waals surface area contributed by atoms with Crippen molar-refractivity contribution in [2.75, 3.05) is 31.1 Å². The number of nitrogens with two attached hydrogens (primary N) is 1. The molecular formula is C13H20N2OS. The zero-order valence-corrected chi connectivity index (χ0v) is 11.1. The molecule has 1 aromatic rings. The summed E-state index contributed by atoms with van der Waals surface area (Å²) >= 11 is 0. The molecular weight excluding hydrogens is 232 g/mol. The van der Waals surface area contributed by atoms with Gasteiger partial charge in [0, 0.05) is 48.0 Å². The van der Waals surface area contributed by atoms with Gasteiger partial charge < -0.3 is 5.73 Å². The molecule has 17 heavy (non-hydrogen) atoms. The summed E-state index contributed by atoms with van der Waals surface area (Å²) in [4.78, 5) is 2.36. The normalized spacial score (nSPS) is 20.4. The molecule has 1 heterocycles. The maximum absolute atomic E-state index is 11.4. The number of aryl methyl sites for hydroxylation is 1. The van der Waals surface area contributed by atoms with Gasteiger partial charge in [-0.3, -0.25) is 9.11 Å². The highest BCUT2D eigenvalue weighted by molar-refractivity contribution is 7.85. The molecule has 0 radical (unpaired) electrons. The van der Waals surface area contributed by atoms with Gasteiger partial charge in [-0.15, -0.1) is 0 Å². The summed E-state index contributed by atoms with van der Waals surface area (Å²) in [5, 5.41) is 0. The first-order valence-corrected chi connectivity index (χ1v) is 7.56. The van der Waals surface area contributed by atoms with Crippen molar-refractivity contribution >= 4 is 10.8 Å². The maximum Gasteiger partial charge on any atom is 0.0473 e. The standard InChI is InChI=1S/C13H20N2OS/c1-11-4-2-3-5-12(11)13(10-14)15-6-8-17(16)9-7-15/h2-5,13H,6-10,14H2,1H3. The van der Waals surface area contributed by atoms with Crippen LogP contribution in [-0.4, -0.2) is 40.2 Å². The zero-order chi connectivity index (χ0) is 12.3. The number of nitrogens with zero attached hydrogens (tertiary/aromatic N) is 1. The van der Waals surface area contributed by atoms with E-state index < -0.39 is 10.8 Å². The van der Waals surface area contributed by atoms with E-state index in [-0.39, 0.29) is 6.04 Å². The lowest BCUT2D eigenvalue weighted by atomic mass is 10.00. The van der Waals surface area contributed by atoms with Crippen molar-refractivity contribution in [1.82, 2.24) is 4.90 Å². The minimum Gasteiger partial charge on any atom is -0.329 e. The van der Waals surface area contributed by atoms with Gasteiger partial charge in [-0.2, -0.15) is 0 Å². The predicted molar refractivity (Wildman–Crippen MR) is 72.4 cm³/mol. The van der Waals surface area contributed by atoms with Crippen LogP contribution in [0.15, 0.2) is 24.3 Å². The second kappa shape index (κ2) is 5.76. The Labute approximate surface area is 105 Å². The van der Waals surface area contributed by atoms with E-state index in [9.17, 15) is 4.21 Å². The van der Waals surface area contributed by atoms with Crippen LogP contribution in [0, 0.1) is 6.92 Å². The summed E-state index contributed by atoms with van der Waals surface area (Å²) in [7, 11) is -0.624. The highest BCUT2D eigenvalue weighted by atomic mass is 32.2. The van der Waals surface area contributed by atoms with Crippen molar-refractivity contribution in [3.05, 3.63) is 35.4 Å². The minimum atomic E-state index is -0.624. The summed E-state index contributed by atoms with van der Waals surface area (Å²) in [5.74, 6) is 1.56. The van der Waals surface area contributed by atoms with E-state index in [4.69, 9.17) is 5.73 Å². The van der Waals surface area contributed by atoms with Gasteiger partial charge in [0.2, 0.25) is 0 Å². The molecule has 4 heteroatoms. The Bertz CT molecular complexity index is 398. The number of rotatable bonds is 3. The topological polar surface area (TPSA) is 46.3 Å². The largest absolute Gasteiger partial charge is 0.329 e. The van der Waals surface area contributed by atoms with E-state index in [1.54, 1.807) is 0 Å². The van der Waals surface area contributed by atoms with Gasteiger partial charge in [-0.25, -0.2) is 0 Å². The molecule has 1 fully saturated rings. The third kappa shape index (κ3) is 2.94. The molecule has 0 bridgehead atoms. The minimum absolute atomic E-state index is 0.272. The van der Waals surface area contributed by atoms with Crippen molar-refractivity contribution in [2.45, 2.75) is 13.0 Å². The lowest BCUT2D eigenvalue weighted by Gasteiger charge is -2.34. The van der Waals surface area contributed by atoms with Crippen LogP contribution in [0.2, 0.25) is 0 Å². The molecule has 0 aliphatic carbocycles. The quantitative estimate of drug-likeness (QED) is 0.875. The molecule has 1 aromatic carbocycles. The molecule has 1 unspecified atom stereocenters. The van der Waals surface area contributed by atoms with Crippen LogP contribution in [0.25, 0.3) is 0 Å². The van der Waals surface area contributed by atoms with E-state index in [0.29, 0.717) is 6.54 Å². The van der Waals surface area contributed by atoms with Gasteiger partial charge in [-0.1, -0.05) is 24.3 Å². The van der Waals surface area contributed by atoms with E-state index in [1.165, 1.54) is 11.1 Å². The molecule has 0 aromatic heterocycles. The first-order chi connectivity index (χ1) is 8.22. The average Bonchev–Trinajstić information content (AvgIpc) is 2.35. The van der Waals surface area contributed by atoms with E-state index in [0.717, 1.165) is 24.6 Å². The summed E-state index contributed by atoms with van der Waals surface area (Å²) in [6.45, 7) is 4.53. The molecule has 2 rings (SSSR count). The second-order valence-corrected chi connectivity index (χ2v) is 6.19.